The first kappa shape index (κ1) is 19.6. The van der Waals surface area contributed by atoms with Crippen molar-refractivity contribution in [3.63, 3.8) is 0 Å². The molecule has 2 N–H and O–H groups in total. The van der Waals surface area contributed by atoms with Crippen LogP contribution < -0.4 is 10.6 Å². The summed E-state index contributed by atoms with van der Waals surface area (Å²) in [6.45, 7) is 5.27. The second kappa shape index (κ2) is 7.30. The molecule has 0 aromatic heterocycles. The Kier molecular flexibility index (Phi) is 4.78. The minimum absolute atomic E-state index is 0.349. The summed E-state index contributed by atoms with van der Waals surface area (Å²) >= 11 is 0. The molecule has 0 radical (unpaired) electrons. The number of fused-ring (bicyclic) bond motifs is 1. The van der Waals surface area contributed by atoms with Crippen LogP contribution in [0.1, 0.15) is 23.6 Å². The molecule has 3 aromatic carbocycles. The maximum atomic E-state index is 13.2. The zero-order valence-electron chi connectivity index (χ0n) is 17.2. The summed E-state index contributed by atoms with van der Waals surface area (Å²) in [4.78, 5) is 39.3. The number of amides is 4. The minimum atomic E-state index is -1.24. The van der Waals surface area contributed by atoms with Gasteiger partial charge in [-0.1, -0.05) is 48.5 Å². The van der Waals surface area contributed by atoms with E-state index in [2.05, 4.69) is 10.6 Å². The molecule has 6 heteroatoms. The van der Waals surface area contributed by atoms with Gasteiger partial charge in [0.15, 0.2) is 0 Å². The predicted octanol–water partition coefficient (Wildman–Crippen LogP) is 3.86. The number of hydrogen-bond donors (Lipinski definition) is 2. The molecule has 1 heterocycles. The Balaban J connectivity index is 1.57. The van der Waals surface area contributed by atoms with Crippen molar-refractivity contribution in [1.29, 1.82) is 0 Å². The summed E-state index contributed by atoms with van der Waals surface area (Å²) in [5.41, 5.74) is 2.26. The molecule has 3 aromatic rings. The fraction of sp³-hybridized carbons (Fsp3) is 0.208. The SMILES string of the molecule is Cc1ccc(NC(=O)CN2C(=O)N[C@@](C)(c3cccc4ccccc34)C2=O)cc1C. The van der Waals surface area contributed by atoms with Crippen molar-refractivity contribution in [2.45, 2.75) is 26.3 Å². The van der Waals surface area contributed by atoms with Gasteiger partial charge in [-0.15, -0.1) is 0 Å². The van der Waals surface area contributed by atoms with Gasteiger partial charge in [0.05, 0.1) is 0 Å². The normalized spacial score (nSPS) is 18.6. The molecular weight excluding hydrogens is 378 g/mol. The summed E-state index contributed by atoms with van der Waals surface area (Å²) in [5, 5.41) is 7.41. The third kappa shape index (κ3) is 3.30. The van der Waals surface area contributed by atoms with E-state index in [-0.39, 0.29) is 6.54 Å². The van der Waals surface area contributed by atoms with Crippen LogP contribution in [0.3, 0.4) is 0 Å². The van der Waals surface area contributed by atoms with Gasteiger partial charge in [0.25, 0.3) is 5.91 Å². The number of rotatable bonds is 4. The molecule has 152 valence electrons. The highest BCUT2D eigenvalue weighted by Crippen LogP contribution is 2.33. The van der Waals surface area contributed by atoms with E-state index >= 15 is 0 Å². The van der Waals surface area contributed by atoms with Crippen LogP contribution in [0.25, 0.3) is 10.8 Å². The number of nitrogens with zero attached hydrogens (tertiary/aromatic N) is 1. The highest BCUT2D eigenvalue weighted by atomic mass is 16.2. The van der Waals surface area contributed by atoms with Gasteiger partial charge < -0.3 is 10.6 Å². The number of urea groups is 1. The molecule has 0 spiro atoms. The maximum absolute atomic E-state index is 13.2. The van der Waals surface area contributed by atoms with E-state index in [9.17, 15) is 14.4 Å². The third-order valence-corrected chi connectivity index (χ3v) is 5.70. The van der Waals surface area contributed by atoms with Gasteiger partial charge in [0.1, 0.15) is 12.1 Å². The van der Waals surface area contributed by atoms with Crippen molar-refractivity contribution in [2.75, 3.05) is 11.9 Å². The second-order valence-corrected chi connectivity index (χ2v) is 7.82. The number of carbonyl (C=O) groups is 3. The molecule has 0 aliphatic carbocycles. The van der Waals surface area contributed by atoms with Crippen LogP contribution in [-0.2, 0) is 15.1 Å². The molecule has 0 unspecified atom stereocenters. The number of anilines is 1. The van der Waals surface area contributed by atoms with Crippen molar-refractivity contribution in [3.05, 3.63) is 77.4 Å². The number of aryl methyl sites for hydroxylation is 2. The molecule has 0 bridgehead atoms. The number of benzene rings is 3. The molecule has 6 nitrogen and oxygen atoms in total. The Hall–Kier alpha value is -3.67. The Morgan fingerprint density at radius 3 is 2.50 bits per heavy atom. The summed E-state index contributed by atoms with van der Waals surface area (Å²) in [7, 11) is 0. The highest BCUT2D eigenvalue weighted by molar-refractivity contribution is 6.11. The zero-order chi connectivity index (χ0) is 21.5. The fourth-order valence-electron chi connectivity index (χ4n) is 3.85. The Labute approximate surface area is 174 Å². The molecule has 0 saturated carbocycles. The third-order valence-electron chi connectivity index (χ3n) is 5.70. The van der Waals surface area contributed by atoms with Crippen LogP contribution in [-0.4, -0.2) is 29.3 Å². The van der Waals surface area contributed by atoms with Crippen LogP contribution in [0.15, 0.2) is 60.7 Å². The van der Waals surface area contributed by atoms with E-state index in [1.54, 1.807) is 13.0 Å². The van der Waals surface area contributed by atoms with Crippen molar-refractivity contribution in [1.82, 2.24) is 10.2 Å². The first-order valence-electron chi connectivity index (χ1n) is 9.79. The summed E-state index contributed by atoms with van der Waals surface area (Å²) < 4.78 is 0. The van der Waals surface area contributed by atoms with Crippen LogP contribution in [0.4, 0.5) is 10.5 Å². The van der Waals surface area contributed by atoms with Crippen LogP contribution in [0.5, 0.6) is 0 Å². The quantitative estimate of drug-likeness (QED) is 0.652. The van der Waals surface area contributed by atoms with E-state index in [0.717, 1.165) is 26.8 Å². The van der Waals surface area contributed by atoms with E-state index < -0.39 is 23.4 Å². The van der Waals surface area contributed by atoms with Crippen molar-refractivity contribution in [2.24, 2.45) is 0 Å². The molecule has 1 aliphatic heterocycles. The van der Waals surface area contributed by atoms with E-state index in [1.165, 1.54) is 0 Å². The number of hydrogen-bond acceptors (Lipinski definition) is 3. The lowest BCUT2D eigenvalue weighted by Crippen LogP contribution is -2.42. The molecule has 1 saturated heterocycles. The van der Waals surface area contributed by atoms with Gasteiger partial charge in [-0.05, 0) is 60.4 Å². The predicted molar refractivity (Wildman–Crippen MR) is 116 cm³/mol. The van der Waals surface area contributed by atoms with Gasteiger partial charge in [-0.2, -0.15) is 0 Å². The lowest BCUT2D eigenvalue weighted by Gasteiger charge is -2.24. The molecular formula is C24H23N3O3. The molecule has 1 aliphatic rings. The highest BCUT2D eigenvalue weighted by Gasteiger charge is 2.50. The molecule has 4 amide bonds. The smallest absolute Gasteiger partial charge is 0.325 e. The van der Waals surface area contributed by atoms with Gasteiger partial charge in [0.2, 0.25) is 5.91 Å². The number of nitrogens with one attached hydrogen (secondary N) is 2. The van der Waals surface area contributed by atoms with Crippen molar-refractivity contribution in [3.8, 4) is 0 Å². The van der Waals surface area contributed by atoms with Crippen LogP contribution in [0, 0.1) is 13.8 Å². The Bertz CT molecular complexity index is 1180. The van der Waals surface area contributed by atoms with E-state index in [4.69, 9.17) is 0 Å². The van der Waals surface area contributed by atoms with Crippen LogP contribution >= 0.6 is 0 Å². The molecule has 1 atom stereocenters. The topological polar surface area (TPSA) is 78.5 Å². The molecule has 30 heavy (non-hydrogen) atoms. The standard InChI is InChI=1S/C24H23N3O3/c1-15-11-12-18(13-16(15)2)25-21(28)14-27-22(29)24(3,26-23(27)30)20-10-6-8-17-7-4-5-9-19(17)20/h4-13H,14H2,1-3H3,(H,25,28)(H,26,30)/t24-/m0/s1. The van der Waals surface area contributed by atoms with Crippen molar-refractivity contribution >= 4 is 34.3 Å². The summed E-state index contributed by atoms with van der Waals surface area (Å²) in [6, 6.07) is 18.3. The van der Waals surface area contributed by atoms with Gasteiger partial charge in [-0.3, -0.25) is 14.5 Å². The average molecular weight is 401 g/mol. The molecule has 1 fully saturated rings. The average Bonchev–Trinajstić information content (AvgIpc) is 2.94. The second-order valence-electron chi connectivity index (χ2n) is 7.82. The first-order valence-corrected chi connectivity index (χ1v) is 9.79. The Morgan fingerprint density at radius 1 is 1.00 bits per heavy atom. The largest absolute Gasteiger partial charge is 0.325 e. The Morgan fingerprint density at radius 2 is 1.73 bits per heavy atom. The number of carbonyl (C=O) groups excluding carboxylic acids is 3. The van der Waals surface area contributed by atoms with Gasteiger partial charge in [0, 0.05) is 5.69 Å². The molecule has 4 rings (SSSR count). The van der Waals surface area contributed by atoms with Crippen LogP contribution in [0.2, 0.25) is 0 Å². The zero-order valence-corrected chi connectivity index (χ0v) is 17.2. The van der Waals surface area contributed by atoms with E-state index in [0.29, 0.717) is 11.3 Å². The van der Waals surface area contributed by atoms with E-state index in [1.807, 2.05) is 68.4 Å². The number of imide groups is 1. The fourth-order valence-corrected chi connectivity index (χ4v) is 3.85. The first-order chi connectivity index (χ1) is 14.3. The lowest BCUT2D eigenvalue weighted by atomic mass is 9.88. The van der Waals surface area contributed by atoms with Gasteiger partial charge >= 0.3 is 6.03 Å². The summed E-state index contributed by atoms with van der Waals surface area (Å²) in [5.74, 6) is -0.872. The van der Waals surface area contributed by atoms with Crippen molar-refractivity contribution < 1.29 is 14.4 Å². The monoisotopic (exact) mass is 401 g/mol. The lowest BCUT2D eigenvalue weighted by molar-refractivity contribution is -0.133. The maximum Gasteiger partial charge on any atom is 0.325 e. The summed E-state index contributed by atoms with van der Waals surface area (Å²) in [6.07, 6.45) is 0. The van der Waals surface area contributed by atoms with Gasteiger partial charge in [-0.25, -0.2) is 4.79 Å². The minimum Gasteiger partial charge on any atom is -0.325 e.